The minimum absolute atomic E-state index is 0.455. The Morgan fingerprint density at radius 3 is 2.59 bits per heavy atom. The molecule has 0 spiro atoms. The third-order valence-electron chi connectivity index (χ3n) is 2.79. The molecule has 0 aliphatic rings. The van der Waals surface area contributed by atoms with Crippen molar-refractivity contribution in [3.05, 3.63) is 35.4 Å². The molecule has 1 aromatic heterocycles. The summed E-state index contributed by atoms with van der Waals surface area (Å²) in [5.74, 6) is 1.03. The third kappa shape index (κ3) is 1.97. The number of nitrogens with two attached hydrogens (primary N) is 3. The lowest BCUT2D eigenvalue weighted by Gasteiger charge is -2.07. The van der Waals surface area contributed by atoms with Crippen LogP contribution in [-0.4, -0.2) is 16.3 Å². The van der Waals surface area contributed by atoms with Gasteiger partial charge in [-0.15, -0.1) is 5.10 Å². The van der Waals surface area contributed by atoms with Crippen molar-refractivity contribution in [2.45, 2.75) is 13.3 Å². The van der Waals surface area contributed by atoms with Crippen LogP contribution >= 0.6 is 0 Å². The molecule has 1 aromatic carbocycles. The number of benzene rings is 1. The topological polar surface area (TPSA) is 95.9 Å². The van der Waals surface area contributed by atoms with E-state index in [9.17, 15) is 0 Å². The molecule has 2 aromatic rings. The summed E-state index contributed by atoms with van der Waals surface area (Å²) in [4.78, 5) is 0. The van der Waals surface area contributed by atoms with E-state index in [0.29, 0.717) is 24.6 Å². The maximum absolute atomic E-state index is 6.06. The summed E-state index contributed by atoms with van der Waals surface area (Å²) >= 11 is 0. The van der Waals surface area contributed by atoms with Gasteiger partial charge in [0.15, 0.2) is 5.82 Å². The standard InChI is InChI=1S/C12H17N5/c1-8-4-2-3-5-10(8)17-12(15)9(6-7-13)11(14)16-17/h2-5H,6-7,13,15H2,1H3,(H2,14,16). The van der Waals surface area contributed by atoms with E-state index in [4.69, 9.17) is 17.2 Å². The molecule has 5 heteroatoms. The lowest BCUT2D eigenvalue weighted by molar-refractivity contribution is 0.887. The first-order valence-corrected chi connectivity index (χ1v) is 5.54. The fraction of sp³-hybridized carbons (Fsp3) is 0.250. The van der Waals surface area contributed by atoms with E-state index in [-0.39, 0.29) is 0 Å². The van der Waals surface area contributed by atoms with Gasteiger partial charge in [-0.05, 0) is 31.5 Å². The van der Waals surface area contributed by atoms with E-state index in [1.807, 2.05) is 31.2 Å². The summed E-state index contributed by atoms with van der Waals surface area (Å²) in [5.41, 5.74) is 20.3. The summed E-state index contributed by atoms with van der Waals surface area (Å²) in [6, 6.07) is 7.89. The molecular weight excluding hydrogens is 214 g/mol. The minimum atomic E-state index is 0.455. The lowest BCUT2D eigenvalue weighted by Crippen LogP contribution is -2.07. The number of hydrogen-bond acceptors (Lipinski definition) is 4. The monoisotopic (exact) mass is 231 g/mol. The Hall–Kier alpha value is -2.01. The normalized spacial score (nSPS) is 10.7. The van der Waals surface area contributed by atoms with Gasteiger partial charge in [-0.25, -0.2) is 4.68 Å². The van der Waals surface area contributed by atoms with E-state index in [1.54, 1.807) is 4.68 Å². The van der Waals surface area contributed by atoms with Crippen LogP contribution in [0.4, 0.5) is 11.6 Å². The van der Waals surface area contributed by atoms with Gasteiger partial charge in [0.2, 0.25) is 0 Å². The van der Waals surface area contributed by atoms with Gasteiger partial charge < -0.3 is 17.2 Å². The molecule has 0 aliphatic heterocycles. The number of hydrogen-bond donors (Lipinski definition) is 3. The van der Waals surface area contributed by atoms with E-state index < -0.39 is 0 Å². The highest BCUT2D eigenvalue weighted by Crippen LogP contribution is 2.24. The highest BCUT2D eigenvalue weighted by Gasteiger charge is 2.14. The van der Waals surface area contributed by atoms with Crippen molar-refractivity contribution in [3.63, 3.8) is 0 Å². The Morgan fingerprint density at radius 2 is 1.94 bits per heavy atom. The van der Waals surface area contributed by atoms with E-state index in [0.717, 1.165) is 16.8 Å². The van der Waals surface area contributed by atoms with E-state index in [2.05, 4.69) is 5.10 Å². The largest absolute Gasteiger partial charge is 0.383 e. The molecule has 90 valence electrons. The molecule has 0 aliphatic carbocycles. The van der Waals surface area contributed by atoms with Crippen molar-refractivity contribution in [2.75, 3.05) is 18.0 Å². The van der Waals surface area contributed by atoms with Gasteiger partial charge in [-0.1, -0.05) is 18.2 Å². The summed E-state index contributed by atoms with van der Waals surface area (Å²) in [7, 11) is 0. The predicted molar refractivity (Wildman–Crippen MR) is 69.9 cm³/mol. The van der Waals surface area contributed by atoms with Crippen LogP contribution in [0, 0.1) is 6.92 Å². The zero-order valence-electron chi connectivity index (χ0n) is 9.85. The van der Waals surface area contributed by atoms with Gasteiger partial charge in [0.25, 0.3) is 0 Å². The third-order valence-corrected chi connectivity index (χ3v) is 2.79. The van der Waals surface area contributed by atoms with Crippen molar-refractivity contribution in [3.8, 4) is 5.69 Å². The Balaban J connectivity index is 2.54. The molecule has 0 amide bonds. The molecular formula is C12H17N5. The van der Waals surface area contributed by atoms with Gasteiger partial charge in [0.1, 0.15) is 5.82 Å². The minimum Gasteiger partial charge on any atom is -0.383 e. The first kappa shape index (κ1) is 11.5. The van der Waals surface area contributed by atoms with Crippen molar-refractivity contribution in [1.29, 1.82) is 0 Å². The summed E-state index contributed by atoms with van der Waals surface area (Å²) in [6.45, 7) is 2.52. The molecule has 17 heavy (non-hydrogen) atoms. The fourth-order valence-corrected chi connectivity index (χ4v) is 1.87. The van der Waals surface area contributed by atoms with Gasteiger partial charge in [-0.3, -0.25) is 0 Å². The van der Waals surface area contributed by atoms with Crippen LogP contribution < -0.4 is 17.2 Å². The van der Waals surface area contributed by atoms with Crippen molar-refractivity contribution in [2.24, 2.45) is 5.73 Å². The Labute approximate surface area is 100 Å². The van der Waals surface area contributed by atoms with Crippen LogP contribution in [0.3, 0.4) is 0 Å². The number of rotatable bonds is 3. The first-order chi connectivity index (χ1) is 8.15. The molecule has 0 bridgehead atoms. The van der Waals surface area contributed by atoms with Crippen LogP contribution in [0.25, 0.3) is 5.69 Å². The van der Waals surface area contributed by atoms with Gasteiger partial charge in [-0.2, -0.15) is 0 Å². The molecule has 0 unspecified atom stereocenters. The molecule has 0 atom stereocenters. The number of para-hydroxylation sites is 1. The van der Waals surface area contributed by atoms with Crippen LogP contribution in [0.2, 0.25) is 0 Å². The van der Waals surface area contributed by atoms with Crippen molar-refractivity contribution >= 4 is 11.6 Å². The SMILES string of the molecule is Cc1ccccc1-n1nc(N)c(CCN)c1N. The number of aryl methyl sites for hydroxylation is 1. The fourth-order valence-electron chi connectivity index (χ4n) is 1.87. The zero-order valence-corrected chi connectivity index (χ0v) is 9.85. The summed E-state index contributed by atoms with van der Waals surface area (Å²) in [5, 5.41) is 4.27. The first-order valence-electron chi connectivity index (χ1n) is 5.54. The average Bonchev–Trinajstić information content (AvgIpc) is 2.58. The molecule has 1 heterocycles. The van der Waals surface area contributed by atoms with Gasteiger partial charge in [0.05, 0.1) is 5.69 Å². The van der Waals surface area contributed by atoms with Crippen molar-refractivity contribution < 1.29 is 0 Å². The number of nitrogen functional groups attached to an aromatic ring is 2. The maximum atomic E-state index is 6.06. The average molecular weight is 231 g/mol. The van der Waals surface area contributed by atoms with Crippen LogP contribution in [0.1, 0.15) is 11.1 Å². The smallest absolute Gasteiger partial charge is 0.151 e. The van der Waals surface area contributed by atoms with Crippen LogP contribution in [-0.2, 0) is 6.42 Å². The van der Waals surface area contributed by atoms with Crippen LogP contribution in [0.15, 0.2) is 24.3 Å². The van der Waals surface area contributed by atoms with Gasteiger partial charge >= 0.3 is 0 Å². The molecule has 0 saturated heterocycles. The second kappa shape index (κ2) is 4.47. The molecule has 0 fully saturated rings. The van der Waals surface area contributed by atoms with E-state index in [1.165, 1.54) is 0 Å². The second-order valence-electron chi connectivity index (χ2n) is 3.99. The number of aromatic nitrogens is 2. The second-order valence-corrected chi connectivity index (χ2v) is 3.99. The molecule has 0 saturated carbocycles. The maximum Gasteiger partial charge on any atom is 0.151 e. The van der Waals surface area contributed by atoms with Crippen LogP contribution in [0.5, 0.6) is 0 Å². The summed E-state index contributed by atoms with van der Waals surface area (Å²) < 4.78 is 1.68. The number of nitrogens with zero attached hydrogens (tertiary/aromatic N) is 2. The van der Waals surface area contributed by atoms with Crippen molar-refractivity contribution in [1.82, 2.24) is 9.78 Å². The van der Waals surface area contributed by atoms with Gasteiger partial charge in [0, 0.05) is 5.56 Å². The Kier molecular flexibility index (Phi) is 3.01. The molecule has 0 radical (unpaired) electrons. The Morgan fingerprint density at radius 1 is 1.24 bits per heavy atom. The molecule has 6 N–H and O–H groups in total. The quantitative estimate of drug-likeness (QED) is 0.729. The van der Waals surface area contributed by atoms with E-state index >= 15 is 0 Å². The predicted octanol–water partition coefficient (Wildman–Crippen LogP) is 0.846. The molecule has 5 nitrogen and oxygen atoms in total. The molecule has 2 rings (SSSR count). The summed E-state index contributed by atoms with van der Waals surface area (Å²) in [6.07, 6.45) is 0.642. The zero-order chi connectivity index (χ0) is 12.4. The Bertz CT molecular complexity index is 530. The lowest BCUT2D eigenvalue weighted by atomic mass is 10.2. The highest BCUT2D eigenvalue weighted by molar-refractivity contribution is 5.59. The number of anilines is 2. The highest BCUT2D eigenvalue weighted by atomic mass is 15.3.